The number of unbranched alkanes of at least 4 members (excludes halogenated alkanes) is 22. The molecule has 1 unspecified atom stereocenters. The molecule has 0 aliphatic rings. The van der Waals surface area contributed by atoms with Crippen LogP contribution < -0.4 is 10.6 Å². The molecule has 0 spiro atoms. The summed E-state index contributed by atoms with van der Waals surface area (Å²) in [7, 11) is 0. The highest BCUT2D eigenvalue weighted by molar-refractivity contribution is 5.84. The van der Waals surface area contributed by atoms with E-state index in [0.717, 1.165) is 57.8 Å². The van der Waals surface area contributed by atoms with Gasteiger partial charge in [-0.05, 0) is 64.2 Å². The molecule has 6 nitrogen and oxygen atoms in total. The molecule has 0 saturated heterocycles. The van der Waals surface area contributed by atoms with E-state index < -0.39 is 12.0 Å². The highest BCUT2D eigenvalue weighted by atomic mass is 16.4. The summed E-state index contributed by atoms with van der Waals surface area (Å²) < 4.78 is 0. The number of allylic oxidation sites excluding steroid dienone is 4. The fourth-order valence-corrected chi connectivity index (χ4v) is 5.48. The van der Waals surface area contributed by atoms with Crippen molar-refractivity contribution in [1.82, 2.24) is 10.6 Å². The summed E-state index contributed by atoms with van der Waals surface area (Å²) in [6.45, 7) is 4.43. The molecule has 0 fully saturated rings. The maximum atomic E-state index is 12.3. The van der Waals surface area contributed by atoms with Gasteiger partial charge >= 0.3 is 5.97 Å². The van der Waals surface area contributed by atoms with Crippen LogP contribution in [0, 0.1) is 0 Å². The van der Waals surface area contributed by atoms with E-state index in [1.54, 1.807) is 0 Å². The van der Waals surface area contributed by atoms with Crippen molar-refractivity contribution in [2.24, 2.45) is 0 Å². The fraction of sp³-hybridized carbons (Fsp3) is 0.821. The molecular formula is C39H72N2O4. The zero-order valence-corrected chi connectivity index (χ0v) is 29.6. The molecule has 0 aliphatic heterocycles. The van der Waals surface area contributed by atoms with Gasteiger partial charge in [-0.15, -0.1) is 0 Å². The first-order valence-electron chi connectivity index (χ1n) is 19.1. The molecule has 6 heteroatoms. The average Bonchev–Trinajstić information content (AvgIpc) is 3.02. The third-order valence-corrected chi connectivity index (χ3v) is 8.47. The average molecular weight is 633 g/mol. The van der Waals surface area contributed by atoms with Crippen LogP contribution in [0.3, 0.4) is 0 Å². The number of rotatable bonds is 34. The highest BCUT2D eigenvalue weighted by Crippen LogP contribution is 2.11. The Labute approximate surface area is 278 Å². The monoisotopic (exact) mass is 633 g/mol. The molecule has 262 valence electrons. The number of nitrogens with one attached hydrogen (secondary N) is 2. The topological polar surface area (TPSA) is 95.5 Å². The standard InChI is InChI=1S/C39H72N2O4/c1-3-5-7-9-11-13-15-17-19-21-23-25-27-29-31-33-37(42)40-35-36(39(44)45)41-38(43)34-32-30-28-26-24-22-20-18-16-14-12-10-8-6-4-2/h17-20,36H,3-16,21-35H2,1-2H3,(H,40,42)(H,41,43)(H,44,45). The second-order valence-corrected chi connectivity index (χ2v) is 12.9. The van der Waals surface area contributed by atoms with E-state index in [0.29, 0.717) is 12.8 Å². The van der Waals surface area contributed by atoms with Crippen LogP contribution in [0.1, 0.15) is 194 Å². The molecule has 0 aromatic rings. The molecular weight excluding hydrogens is 560 g/mol. The molecule has 0 aliphatic carbocycles. The minimum absolute atomic E-state index is 0.0721. The molecule has 0 aromatic heterocycles. The number of carbonyl (C=O) groups excluding carboxylic acids is 2. The largest absolute Gasteiger partial charge is 0.480 e. The highest BCUT2D eigenvalue weighted by Gasteiger charge is 2.20. The molecule has 2 amide bonds. The van der Waals surface area contributed by atoms with Crippen LogP contribution >= 0.6 is 0 Å². The van der Waals surface area contributed by atoms with Crippen molar-refractivity contribution in [3.05, 3.63) is 24.3 Å². The van der Waals surface area contributed by atoms with Gasteiger partial charge in [0, 0.05) is 19.4 Å². The quantitative estimate of drug-likeness (QED) is 0.0486. The molecule has 45 heavy (non-hydrogen) atoms. The number of carboxylic acid groups (broad SMARTS) is 1. The Kier molecular flexibility index (Phi) is 33.1. The smallest absolute Gasteiger partial charge is 0.328 e. The summed E-state index contributed by atoms with van der Waals surface area (Å²) in [5, 5.41) is 14.7. The van der Waals surface area contributed by atoms with Gasteiger partial charge in [0.25, 0.3) is 0 Å². The van der Waals surface area contributed by atoms with E-state index >= 15 is 0 Å². The predicted octanol–water partition coefficient (Wildman–Crippen LogP) is 10.7. The summed E-state index contributed by atoms with van der Waals surface area (Å²) in [6, 6.07) is -1.08. The van der Waals surface area contributed by atoms with Gasteiger partial charge in [-0.3, -0.25) is 9.59 Å². The lowest BCUT2D eigenvalue weighted by atomic mass is 10.1. The Bertz CT molecular complexity index is 749. The molecule has 0 radical (unpaired) electrons. The number of hydrogen-bond donors (Lipinski definition) is 3. The van der Waals surface area contributed by atoms with Crippen LogP contribution in [0.5, 0.6) is 0 Å². The summed E-state index contributed by atoms with van der Waals surface area (Å²) >= 11 is 0. The van der Waals surface area contributed by atoms with E-state index in [4.69, 9.17) is 0 Å². The Morgan fingerprint density at radius 3 is 1.20 bits per heavy atom. The van der Waals surface area contributed by atoms with Crippen LogP contribution in [0.25, 0.3) is 0 Å². The fourth-order valence-electron chi connectivity index (χ4n) is 5.48. The van der Waals surface area contributed by atoms with Crippen LogP contribution in [-0.2, 0) is 14.4 Å². The van der Waals surface area contributed by atoms with Gasteiger partial charge in [-0.2, -0.15) is 0 Å². The first kappa shape index (κ1) is 42.9. The molecule has 0 bridgehead atoms. The van der Waals surface area contributed by atoms with Crippen molar-refractivity contribution in [2.75, 3.05) is 6.54 Å². The van der Waals surface area contributed by atoms with Crippen LogP contribution in [0.2, 0.25) is 0 Å². The van der Waals surface area contributed by atoms with Crippen molar-refractivity contribution < 1.29 is 19.5 Å². The number of carbonyl (C=O) groups is 3. The molecule has 0 aromatic carbocycles. The maximum Gasteiger partial charge on any atom is 0.328 e. The Balaban J connectivity index is 3.70. The van der Waals surface area contributed by atoms with E-state index in [9.17, 15) is 19.5 Å². The van der Waals surface area contributed by atoms with Gasteiger partial charge in [-0.1, -0.05) is 141 Å². The normalized spacial score (nSPS) is 12.2. The number of amides is 2. The maximum absolute atomic E-state index is 12.3. The third-order valence-electron chi connectivity index (χ3n) is 8.47. The van der Waals surface area contributed by atoms with Crippen LogP contribution in [-0.4, -0.2) is 35.5 Å². The molecule has 0 saturated carbocycles. The van der Waals surface area contributed by atoms with Gasteiger partial charge in [-0.25, -0.2) is 4.79 Å². The third kappa shape index (κ3) is 33.1. The second-order valence-electron chi connectivity index (χ2n) is 12.9. The zero-order valence-electron chi connectivity index (χ0n) is 29.6. The first-order valence-corrected chi connectivity index (χ1v) is 19.1. The molecule has 0 rings (SSSR count). The van der Waals surface area contributed by atoms with Gasteiger partial charge < -0.3 is 15.7 Å². The van der Waals surface area contributed by atoms with Gasteiger partial charge in [0.2, 0.25) is 11.8 Å². The molecule has 0 heterocycles. The summed E-state index contributed by atoms with van der Waals surface area (Å²) in [6.07, 6.45) is 41.2. The lowest BCUT2D eigenvalue weighted by Gasteiger charge is -2.15. The van der Waals surface area contributed by atoms with E-state index in [1.807, 2.05) is 0 Å². The lowest BCUT2D eigenvalue weighted by Crippen LogP contribution is -2.48. The summed E-state index contributed by atoms with van der Waals surface area (Å²) in [5.74, 6) is -1.52. The Hall–Kier alpha value is -2.11. The summed E-state index contributed by atoms with van der Waals surface area (Å²) in [4.78, 5) is 36.0. The van der Waals surface area contributed by atoms with E-state index in [1.165, 1.54) is 109 Å². The second kappa shape index (κ2) is 34.8. The lowest BCUT2D eigenvalue weighted by molar-refractivity contribution is -0.141. The van der Waals surface area contributed by atoms with Gasteiger partial charge in [0.1, 0.15) is 6.04 Å². The molecule has 3 N–H and O–H groups in total. The number of hydrogen-bond acceptors (Lipinski definition) is 3. The Morgan fingerprint density at radius 2 is 0.822 bits per heavy atom. The number of aliphatic carboxylic acids is 1. The minimum atomic E-state index is -1.12. The minimum Gasteiger partial charge on any atom is -0.480 e. The van der Waals surface area contributed by atoms with Crippen molar-refractivity contribution in [2.45, 2.75) is 200 Å². The zero-order chi connectivity index (χ0) is 33.1. The summed E-state index contributed by atoms with van der Waals surface area (Å²) in [5.41, 5.74) is 0. The molecule has 1 atom stereocenters. The van der Waals surface area contributed by atoms with Crippen LogP contribution in [0.15, 0.2) is 24.3 Å². The van der Waals surface area contributed by atoms with Gasteiger partial charge in [0.15, 0.2) is 0 Å². The van der Waals surface area contributed by atoms with Crippen molar-refractivity contribution in [3.8, 4) is 0 Å². The van der Waals surface area contributed by atoms with Crippen molar-refractivity contribution in [1.29, 1.82) is 0 Å². The SMILES string of the molecule is CCCCCCCCC=CCCCCCCCC(=O)NCC(NC(=O)CCCCCCCC=CCCCCCCCC)C(=O)O. The number of carboxylic acids is 1. The van der Waals surface area contributed by atoms with Crippen LogP contribution in [0.4, 0.5) is 0 Å². The van der Waals surface area contributed by atoms with E-state index in [-0.39, 0.29) is 18.4 Å². The van der Waals surface area contributed by atoms with E-state index in [2.05, 4.69) is 48.8 Å². The predicted molar refractivity (Wildman–Crippen MR) is 191 cm³/mol. The van der Waals surface area contributed by atoms with Crippen molar-refractivity contribution >= 4 is 17.8 Å². The van der Waals surface area contributed by atoms with Gasteiger partial charge in [0.05, 0.1) is 0 Å². The first-order chi connectivity index (χ1) is 22.0. The van der Waals surface area contributed by atoms with Crippen molar-refractivity contribution in [3.63, 3.8) is 0 Å². The Morgan fingerprint density at radius 1 is 0.489 bits per heavy atom.